The number of aryl methyl sites for hydroxylation is 1. The Morgan fingerprint density at radius 1 is 1.17 bits per heavy atom. The second kappa shape index (κ2) is 7.36. The van der Waals surface area contributed by atoms with E-state index in [9.17, 15) is 9.59 Å². The molecule has 2 atom stereocenters. The average Bonchev–Trinajstić information content (AvgIpc) is 3.11. The molecule has 0 aromatic heterocycles. The lowest BCUT2D eigenvalue weighted by atomic mass is 10.0. The van der Waals surface area contributed by atoms with Crippen LogP contribution < -0.4 is 10.6 Å². The quantitative estimate of drug-likeness (QED) is 0.854. The van der Waals surface area contributed by atoms with E-state index in [1.165, 1.54) is 11.8 Å². The summed E-state index contributed by atoms with van der Waals surface area (Å²) in [5.74, 6) is 2.03. The van der Waals surface area contributed by atoms with Crippen LogP contribution in [0, 0.1) is 18.8 Å². The molecule has 0 unspecified atom stereocenters. The number of fused-ring (bicyclic) bond motifs is 1. The molecule has 0 bridgehead atoms. The number of hydrogen-bond donors (Lipinski definition) is 2. The summed E-state index contributed by atoms with van der Waals surface area (Å²) < 4.78 is 0. The van der Waals surface area contributed by atoms with Crippen molar-refractivity contribution >= 4 is 29.3 Å². The Kier molecular flexibility index (Phi) is 5.23. The summed E-state index contributed by atoms with van der Waals surface area (Å²) >= 11 is 1.39. The van der Waals surface area contributed by atoms with E-state index >= 15 is 0 Å². The van der Waals surface area contributed by atoms with Crippen LogP contribution >= 0.6 is 11.8 Å². The van der Waals surface area contributed by atoms with E-state index in [0.717, 1.165) is 37.4 Å². The molecule has 6 heteroatoms. The Hall–Kier alpha value is -1.53. The van der Waals surface area contributed by atoms with Crippen molar-refractivity contribution in [3.8, 4) is 0 Å². The van der Waals surface area contributed by atoms with E-state index in [2.05, 4.69) is 10.6 Å². The number of benzene rings is 1. The first-order chi connectivity index (χ1) is 11.1. The van der Waals surface area contributed by atoms with Crippen molar-refractivity contribution in [1.82, 2.24) is 10.2 Å². The lowest BCUT2D eigenvalue weighted by molar-refractivity contribution is -0.127. The predicted molar refractivity (Wildman–Crippen MR) is 93.6 cm³/mol. The molecule has 2 heterocycles. The van der Waals surface area contributed by atoms with Crippen LogP contribution in [0.1, 0.15) is 5.56 Å². The van der Waals surface area contributed by atoms with E-state index < -0.39 is 0 Å². The monoisotopic (exact) mass is 333 g/mol. The van der Waals surface area contributed by atoms with Crippen molar-refractivity contribution in [3.05, 3.63) is 29.8 Å². The van der Waals surface area contributed by atoms with Gasteiger partial charge in [0.25, 0.3) is 0 Å². The zero-order valence-electron chi connectivity index (χ0n) is 13.4. The number of rotatable bonds is 5. The Labute approximate surface area is 141 Å². The van der Waals surface area contributed by atoms with Crippen molar-refractivity contribution in [2.24, 2.45) is 11.8 Å². The van der Waals surface area contributed by atoms with Crippen LogP contribution in [0.25, 0.3) is 0 Å². The predicted octanol–water partition coefficient (Wildman–Crippen LogP) is 1.34. The van der Waals surface area contributed by atoms with Crippen LogP contribution in [0.15, 0.2) is 24.3 Å². The van der Waals surface area contributed by atoms with Crippen molar-refractivity contribution in [1.29, 1.82) is 0 Å². The Morgan fingerprint density at radius 2 is 1.83 bits per heavy atom. The van der Waals surface area contributed by atoms with Crippen molar-refractivity contribution in [3.63, 3.8) is 0 Å². The first-order valence-electron chi connectivity index (χ1n) is 8.04. The first-order valence-corrected chi connectivity index (χ1v) is 9.20. The van der Waals surface area contributed by atoms with E-state index in [1.54, 1.807) is 0 Å². The van der Waals surface area contributed by atoms with Crippen LogP contribution in [-0.4, -0.2) is 54.4 Å². The normalized spacial score (nSPS) is 22.9. The molecule has 0 spiro atoms. The SMILES string of the molecule is Cc1ccc(NC(=O)CSCC(=O)N2C[C@H]3CNC[C@H]3C2)cc1. The summed E-state index contributed by atoms with van der Waals surface area (Å²) in [5.41, 5.74) is 1.96. The molecule has 2 N–H and O–H groups in total. The highest BCUT2D eigenvalue weighted by Crippen LogP contribution is 2.26. The van der Waals surface area contributed by atoms with E-state index in [4.69, 9.17) is 0 Å². The summed E-state index contributed by atoms with van der Waals surface area (Å²) in [6, 6.07) is 7.71. The third kappa shape index (κ3) is 4.26. The number of hydrogen-bond acceptors (Lipinski definition) is 4. The standard InChI is InChI=1S/C17H23N3O2S/c1-12-2-4-15(5-3-12)19-16(21)10-23-11-17(22)20-8-13-6-18-7-14(13)9-20/h2-5,13-14,18H,6-11H2,1H3,(H,19,21)/t13-,14+. The molecule has 23 heavy (non-hydrogen) atoms. The number of likely N-dealkylation sites (tertiary alicyclic amines) is 1. The molecule has 2 amide bonds. The zero-order valence-corrected chi connectivity index (χ0v) is 14.2. The first kappa shape index (κ1) is 16.3. The molecule has 2 aliphatic rings. The molecule has 1 aromatic rings. The molecule has 2 fully saturated rings. The van der Waals surface area contributed by atoms with Gasteiger partial charge in [-0.05, 0) is 30.9 Å². The van der Waals surface area contributed by atoms with Crippen molar-refractivity contribution in [2.75, 3.05) is 43.0 Å². The topological polar surface area (TPSA) is 61.4 Å². The fourth-order valence-electron chi connectivity index (χ4n) is 3.22. The molecule has 1 aromatic carbocycles. The van der Waals surface area contributed by atoms with Gasteiger partial charge in [-0.1, -0.05) is 17.7 Å². The fraction of sp³-hybridized carbons (Fsp3) is 0.529. The minimum Gasteiger partial charge on any atom is -0.341 e. The van der Waals surface area contributed by atoms with Gasteiger partial charge in [0.1, 0.15) is 0 Å². The van der Waals surface area contributed by atoms with Crippen LogP contribution in [0.4, 0.5) is 5.69 Å². The second-order valence-corrected chi connectivity index (χ2v) is 7.37. The number of anilines is 1. The van der Waals surface area contributed by atoms with Crippen LogP contribution in [0.2, 0.25) is 0 Å². The molecule has 2 saturated heterocycles. The highest BCUT2D eigenvalue weighted by molar-refractivity contribution is 8.00. The van der Waals surface area contributed by atoms with Gasteiger partial charge in [0.2, 0.25) is 11.8 Å². The Morgan fingerprint density at radius 3 is 2.48 bits per heavy atom. The molecule has 0 radical (unpaired) electrons. The van der Waals surface area contributed by atoms with E-state index in [1.807, 2.05) is 36.1 Å². The van der Waals surface area contributed by atoms with Gasteiger partial charge in [-0.3, -0.25) is 9.59 Å². The van der Waals surface area contributed by atoms with Gasteiger partial charge in [0.15, 0.2) is 0 Å². The minimum atomic E-state index is -0.0610. The summed E-state index contributed by atoms with van der Waals surface area (Å²) in [4.78, 5) is 26.1. The van der Waals surface area contributed by atoms with E-state index in [-0.39, 0.29) is 11.8 Å². The summed E-state index contributed by atoms with van der Waals surface area (Å²) in [7, 11) is 0. The fourth-order valence-corrected chi connectivity index (χ4v) is 3.93. The molecule has 2 aliphatic heterocycles. The molecule has 0 saturated carbocycles. The Balaban J connectivity index is 1.36. The molecular weight excluding hydrogens is 310 g/mol. The summed E-state index contributed by atoms with van der Waals surface area (Å²) in [5, 5.41) is 6.22. The summed E-state index contributed by atoms with van der Waals surface area (Å²) in [6.45, 7) is 5.80. The largest absolute Gasteiger partial charge is 0.341 e. The number of carbonyl (C=O) groups excluding carboxylic acids is 2. The van der Waals surface area contributed by atoms with Gasteiger partial charge in [-0.25, -0.2) is 0 Å². The third-order valence-corrected chi connectivity index (χ3v) is 5.45. The molecule has 0 aliphatic carbocycles. The molecule has 3 rings (SSSR count). The van der Waals surface area contributed by atoms with Crippen LogP contribution in [0.5, 0.6) is 0 Å². The number of carbonyl (C=O) groups is 2. The van der Waals surface area contributed by atoms with Gasteiger partial charge in [-0.2, -0.15) is 0 Å². The number of amides is 2. The van der Waals surface area contributed by atoms with E-state index in [0.29, 0.717) is 23.3 Å². The van der Waals surface area contributed by atoms with Gasteiger partial charge in [-0.15, -0.1) is 11.8 Å². The van der Waals surface area contributed by atoms with Crippen molar-refractivity contribution in [2.45, 2.75) is 6.92 Å². The smallest absolute Gasteiger partial charge is 0.234 e. The molecule has 5 nitrogen and oxygen atoms in total. The zero-order chi connectivity index (χ0) is 16.2. The number of thioether (sulfide) groups is 1. The van der Waals surface area contributed by atoms with Gasteiger partial charge < -0.3 is 15.5 Å². The lowest BCUT2D eigenvalue weighted by Gasteiger charge is -2.17. The maximum Gasteiger partial charge on any atom is 0.234 e. The number of nitrogens with one attached hydrogen (secondary N) is 2. The van der Waals surface area contributed by atoms with Crippen molar-refractivity contribution < 1.29 is 9.59 Å². The average molecular weight is 333 g/mol. The van der Waals surface area contributed by atoms with Crippen LogP contribution in [-0.2, 0) is 9.59 Å². The van der Waals surface area contributed by atoms with Gasteiger partial charge in [0, 0.05) is 31.9 Å². The summed E-state index contributed by atoms with van der Waals surface area (Å²) in [6.07, 6.45) is 0. The third-order valence-electron chi connectivity index (χ3n) is 4.54. The van der Waals surface area contributed by atoms with Gasteiger partial charge in [0.05, 0.1) is 11.5 Å². The highest BCUT2D eigenvalue weighted by Gasteiger charge is 2.37. The lowest BCUT2D eigenvalue weighted by Crippen LogP contribution is -2.33. The van der Waals surface area contributed by atoms with Crippen LogP contribution in [0.3, 0.4) is 0 Å². The number of nitrogens with zero attached hydrogens (tertiary/aromatic N) is 1. The minimum absolute atomic E-state index is 0.0610. The maximum atomic E-state index is 12.2. The molecular formula is C17H23N3O2S. The Bertz CT molecular complexity index is 564. The molecule has 124 valence electrons. The van der Waals surface area contributed by atoms with Gasteiger partial charge >= 0.3 is 0 Å². The highest BCUT2D eigenvalue weighted by atomic mass is 32.2. The second-order valence-electron chi connectivity index (χ2n) is 6.38. The maximum absolute atomic E-state index is 12.2.